The predicted molar refractivity (Wildman–Crippen MR) is 49.0 cm³/mol. The van der Waals surface area contributed by atoms with Crippen molar-refractivity contribution in [2.45, 2.75) is 23.6 Å². The molecule has 0 aliphatic rings. The van der Waals surface area contributed by atoms with Crippen LogP contribution in [0.15, 0.2) is 17.4 Å². The quantitative estimate of drug-likeness (QED) is 0.593. The van der Waals surface area contributed by atoms with Crippen molar-refractivity contribution in [3.05, 3.63) is 18.3 Å². The molecule has 5 heteroatoms. The van der Waals surface area contributed by atoms with E-state index in [1.807, 2.05) is 6.92 Å². The second kappa shape index (κ2) is 5.14. The van der Waals surface area contributed by atoms with E-state index in [1.54, 1.807) is 0 Å². The van der Waals surface area contributed by atoms with Gasteiger partial charge in [0.2, 0.25) is 5.95 Å². The fraction of sp³-hybridized carbons (Fsp3) is 0.500. The molecule has 0 saturated carbocycles. The van der Waals surface area contributed by atoms with E-state index in [0.717, 1.165) is 0 Å². The molecular weight excluding hydrogens is 191 g/mol. The van der Waals surface area contributed by atoms with Crippen LogP contribution in [0.1, 0.15) is 13.3 Å². The Morgan fingerprint density at radius 2 is 2.38 bits per heavy atom. The first-order valence-corrected chi connectivity index (χ1v) is 4.85. The number of hydrogen-bond donors (Lipinski definition) is 1. The standard InChI is InChI=1S/C8H11FN2OS/c1-6(2-3-12)13-8-4-7(9)10-5-11-8/h4-6,12H,2-3H2,1H3. The molecule has 0 saturated heterocycles. The molecule has 1 atom stereocenters. The zero-order valence-electron chi connectivity index (χ0n) is 7.27. The largest absolute Gasteiger partial charge is 0.396 e. The Balaban J connectivity index is 2.53. The van der Waals surface area contributed by atoms with Gasteiger partial charge in [0.25, 0.3) is 0 Å². The van der Waals surface area contributed by atoms with Crippen molar-refractivity contribution in [1.29, 1.82) is 0 Å². The van der Waals surface area contributed by atoms with Crippen LogP contribution in [0.5, 0.6) is 0 Å². The maximum atomic E-state index is 12.6. The van der Waals surface area contributed by atoms with E-state index in [9.17, 15) is 4.39 Å². The number of halogens is 1. The molecule has 0 radical (unpaired) electrons. The van der Waals surface area contributed by atoms with Crippen LogP contribution < -0.4 is 0 Å². The molecule has 0 aliphatic carbocycles. The lowest BCUT2D eigenvalue weighted by Crippen LogP contribution is -2.00. The molecule has 1 aromatic rings. The van der Waals surface area contributed by atoms with Crippen molar-refractivity contribution in [1.82, 2.24) is 9.97 Å². The summed E-state index contributed by atoms with van der Waals surface area (Å²) in [5, 5.41) is 9.49. The summed E-state index contributed by atoms with van der Waals surface area (Å²) in [4.78, 5) is 7.24. The summed E-state index contributed by atoms with van der Waals surface area (Å²) in [6.45, 7) is 2.10. The zero-order valence-corrected chi connectivity index (χ0v) is 8.09. The van der Waals surface area contributed by atoms with Crippen LogP contribution >= 0.6 is 11.8 Å². The first-order valence-electron chi connectivity index (χ1n) is 3.97. The van der Waals surface area contributed by atoms with Gasteiger partial charge < -0.3 is 5.11 Å². The summed E-state index contributed by atoms with van der Waals surface area (Å²) in [7, 11) is 0. The Labute approximate surface area is 80.4 Å². The van der Waals surface area contributed by atoms with Crippen LogP contribution in [-0.4, -0.2) is 26.9 Å². The smallest absolute Gasteiger partial charge is 0.217 e. The van der Waals surface area contributed by atoms with E-state index in [1.165, 1.54) is 24.2 Å². The summed E-state index contributed by atoms with van der Waals surface area (Å²) in [6, 6.07) is 1.29. The Hall–Kier alpha value is -0.680. The minimum Gasteiger partial charge on any atom is -0.396 e. The molecule has 0 aromatic carbocycles. The van der Waals surface area contributed by atoms with Gasteiger partial charge in [0.05, 0.1) is 0 Å². The van der Waals surface area contributed by atoms with Gasteiger partial charge in [-0.2, -0.15) is 4.39 Å². The van der Waals surface area contributed by atoms with E-state index in [2.05, 4.69) is 9.97 Å². The summed E-state index contributed by atoms with van der Waals surface area (Å²) < 4.78 is 12.6. The van der Waals surface area contributed by atoms with Crippen LogP contribution in [-0.2, 0) is 0 Å². The van der Waals surface area contributed by atoms with Crippen molar-refractivity contribution in [3.63, 3.8) is 0 Å². The van der Waals surface area contributed by atoms with Crippen LogP contribution in [0.25, 0.3) is 0 Å². The molecule has 1 heterocycles. The number of aromatic nitrogens is 2. The summed E-state index contributed by atoms with van der Waals surface area (Å²) in [6.07, 6.45) is 1.87. The maximum absolute atomic E-state index is 12.6. The number of aliphatic hydroxyl groups excluding tert-OH is 1. The Morgan fingerprint density at radius 3 is 3.00 bits per heavy atom. The lowest BCUT2D eigenvalue weighted by molar-refractivity contribution is 0.289. The predicted octanol–water partition coefficient (Wildman–Crippen LogP) is 1.48. The molecule has 0 spiro atoms. The number of hydrogen-bond acceptors (Lipinski definition) is 4. The molecule has 0 fully saturated rings. The number of rotatable bonds is 4. The van der Waals surface area contributed by atoms with Gasteiger partial charge in [0.1, 0.15) is 11.4 Å². The lowest BCUT2D eigenvalue weighted by atomic mass is 10.3. The highest BCUT2D eigenvalue weighted by Crippen LogP contribution is 2.22. The molecule has 72 valence electrons. The van der Waals surface area contributed by atoms with Crippen molar-refractivity contribution in [2.24, 2.45) is 0 Å². The highest BCUT2D eigenvalue weighted by molar-refractivity contribution is 7.99. The maximum Gasteiger partial charge on any atom is 0.217 e. The van der Waals surface area contributed by atoms with E-state index < -0.39 is 5.95 Å². The Kier molecular flexibility index (Phi) is 4.11. The summed E-state index contributed by atoms with van der Waals surface area (Å²) in [5.41, 5.74) is 0. The third-order valence-corrected chi connectivity index (χ3v) is 2.57. The summed E-state index contributed by atoms with van der Waals surface area (Å²) in [5.74, 6) is -0.520. The average molecular weight is 202 g/mol. The Bertz CT molecular complexity index is 272. The molecule has 0 amide bonds. The highest BCUT2D eigenvalue weighted by Gasteiger charge is 2.05. The molecule has 0 aliphatic heterocycles. The van der Waals surface area contributed by atoms with Crippen molar-refractivity contribution in [2.75, 3.05) is 6.61 Å². The SMILES string of the molecule is CC(CCO)Sc1cc(F)ncn1. The minimum absolute atomic E-state index is 0.141. The fourth-order valence-corrected chi connectivity index (χ4v) is 1.74. The van der Waals surface area contributed by atoms with E-state index in [0.29, 0.717) is 11.4 Å². The van der Waals surface area contributed by atoms with Gasteiger partial charge in [-0.3, -0.25) is 0 Å². The van der Waals surface area contributed by atoms with Crippen LogP contribution in [0, 0.1) is 5.95 Å². The molecule has 0 bridgehead atoms. The van der Waals surface area contributed by atoms with Gasteiger partial charge in [0.15, 0.2) is 0 Å². The molecular formula is C8H11FN2OS. The van der Waals surface area contributed by atoms with Gasteiger partial charge in [-0.25, -0.2) is 9.97 Å². The normalized spacial score (nSPS) is 12.8. The van der Waals surface area contributed by atoms with Crippen molar-refractivity contribution >= 4 is 11.8 Å². The molecule has 1 aromatic heterocycles. The minimum atomic E-state index is -0.520. The van der Waals surface area contributed by atoms with Crippen molar-refractivity contribution in [3.8, 4) is 0 Å². The fourth-order valence-electron chi connectivity index (χ4n) is 0.829. The van der Waals surface area contributed by atoms with Crippen LogP contribution in [0.2, 0.25) is 0 Å². The van der Waals surface area contributed by atoms with E-state index >= 15 is 0 Å². The van der Waals surface area contributed by atoms with Crippen molar-refractivity contribution < 1.29 is 9.50 Å². The Morgan fingerprint density at radius 1 is 1.62 bits per heavy atom. The third kappa shape index (κ3) is 3.69. The molecule has 1 rings (SSSR count). The highest BCUT2D eigenvalue weighted by atomic mass is 32.2. The van der Waals surface area contributed by atoms with Gasteiger partial charge >= 0.3 is 0 Å². The summed E-state index contributed by atoms with van der Waals surface area (Å²) >= 11 is 1.43. The van der Waals surface area contributed by atoms with Gasteiger partial charge in [-0.15, -0.1) is 11.8 Å². The second-order valence-electron chi connectivity index (χ2n) is 2.62. The number of thioether (sulfide) groups is 1. The first-order chi connectivity index (χ1) is 6.22. The molecule has 3 nitrogen and oxygen atoms in total. The second-order valence-corrected chi connectivity index (χ2v) is 4.08. The zero-order chi connectivity index (χ0) is 9.68. The van der Waals surface area contributed by atoms with E-state index in [4.69, 9.17) is 5.11 Å². The average Bonchev–Trinajstić information content (AvgIpc) is 2.04. The van der Waals surface area contributed by atoms with Gasteiger partial charge in [0, 0.05) is 17.9 Å². The molecule has 13 heavy (non-hydrogen) atoms. The van der Waals surface area contributed by atoms with Crippen LogP contribution in [0.4, 0.5) is 4.39 Å². The monoisotopic (exact) mass is 202 g/mol. The van der Waals surface area contributed by atoms with E-state index in [-0.39, 0.29) is 11.9 Å². The lowest BCUT2D eigenvalue weighted by Gasteiger charge is -2.07. The third-order valence-electron chi connectivity index (χ3n) is 1.47. The van der Waals surface area contributed by atoms with Crippen LogP contribution in [0.3, 0.4) is 0 Å². The molecule has 1 N–H and O–H groups in total. The molecule has 1 unspecified atom stereocenters. The first kappa shape index (κ1) is 10.4. The van der Waals surface area contributed by atoms with Gasteiger partial charge in [-0.05, 0) is 6.42 Å². The van der Waals surface area contributed by atoms with Gasteiger partial charge in [-0.1, -0.05) is 6.92 Å². The number of aliphatic hydroxyl groups is 1. The topological polar surface area (TPSA) is 46.0 Å². The number of nitrogens with zero attached hydrogens (tertiary/aromatic N) is 2.